The van der Waals surface area contributed by atoms with E-state index in [2.05, 4.69) is 5.32 Å². The second-order valence-corrected chi connectivity index (χ2v) is 4.47. The second kappa shape index (κ2) is 6.51. The van der Waals surface area contributed by atoms with Crippen molar-refractivity contribution < 1.29 is 14.4 Å². The van der Waals surface area contributed by atoms with Crippen LogP contribution in [0, 0.1) is 15.5 Å². The predicted molar refractivity (Wildman–Crippen MR) is 67.2 cm³/mol. The van der Waals surface area contributed by atoms with Gasteiger partial charge in [0.1, 0.15) is 10.7 Å². The standard InChI is InChI=1S/C12H20N2O4/c1-3-12(4-2,9-15)8-13-7-10-5-6-11(18-10)14(16)17/h5-6,13,15H,3-4,7-9H2,1-2H3. The van der Waals surface area contributed by atoms with Crippen molar-refractivity contribution in [3.05, 3.63) is 28.0 Å². The van der Waals surface area contributed by atoms with Gasteiger partial charge in [-0.25, -0.2) is 0 Å². The molecule has 2 N–H and O–H groups in total. The quantitative estimate of drug-likeness (QED) is 0.549. The van der Waals surface area contributed by atoms with Crippen molar-refractivity contribution in [3.8, 4) is 0 Å². The Morgan fingerprint density at radius 1 is 1.44 bits per heavy atom. The number of nitrogens with zero attached hydrogens (tertiary/aromatic N) is 1. The van der Waals surface area contributed by atoms with Crippen molar-refractivity contribution in [1.29, 1.82) is 0 Å². The van der Waals surface area contributed by atoms with Gasteiger partial charge < -0.3 is 14.8 Å². The molecule has 0 fully saturated rings. The maximum absolute atomic E-state index is 10.4. The lowest BCUT2D eigenvalue weighted by Gasteiger charge is -2.29. The molecule has 0 aliphatic carbocycles. The van der Waals surface area contributed by atoms with Gasteiger partial charge >= 0.3 is 5.88 Å². The zero-order valence-electron chi connectivity index (χ0n) is 10.8. The molecule has 0 aliphatic rings. The van der Waals surface area contributed by atoms with Gasteiger partial charge in [-0.1, -0.05) is 13.8 Å². The van der Waals surface area contributed by atoms with Gasteiger partial charge in [-0.05, 0) is 18.9 Å². The first kappa shape index (κ1) is 14.7. The van der Waals surface area contributed by atoms with E-state index in [-0.39, 0.29) is 17.9 Å². The summed E-state index contributed by atoms with van der Waals surface area (Å²) < 4.78 is 5.04. The van der Waals surface area contributed by atoms with Crippen molar-refractivity contribution in [1.82, 2.24) is 5.32 Å². The number of furan rings is 1. The third-order valence-corrected chi connectivity index (χ3v) is 3.46. The van der Waals surface area contributed by atoms with Gasteiger partial charge in [0.2, 0.25) is 0 Å². The molecule has 0 radical (unpaired) electrons. The van der Waals surface area contributed by atoms with Crippen LogP contribution in [0.5, 0.6) is 0 Å². The van der Waals surface area contributed by atoms with Crippen LogP contribution in [-0.4, -0.2) is 23.2 Å². The van der Waals surface area contributed by atoms with Crippen LogP contribution in [0.4, 0.5) is 5.88 Å². The molecular formula is C12H20N2O4. The van der Waals surface area contributed by atoms with Gasteiger partial charge in [0, 0.05) is 18.6 Å². The Kier molecular flexibility index (Phi) is 5.30. The summed E-state index contributed by atoms with van der Waals surface area (Å²) in [4.78, 5) is 9.89. The molecule has 0 spiro atoms. The number of rotatable bonds is 8. The molecule has 0 saturated carbocycles. The molecule has 1 heterocycles. The Labute approximate surface area is 106 Å². The molecule has 102 valence electrons. The van der Waals surface area contributed by atoms with Crippen molar-refractivity contribution in [2.45, 2.75) is 33.2 Å². The molecule has 18 heavy (non-hydrogen) atoms. The van der Waals surface area contributed by atoms with Crippen LogP contribution in [0.2, 0.25) is 0 Å². The second-order valence-electron chi connectivity index (χ2n) is 4.47. The van der Waals surface area contributed by atoms with E-state index in [0.717, 1.165) is 12.8 Å². The SMILES string of the molecule is CCC(CC)(CO)CNCc1ccc([N+](=O)[O-])o1. The van der Waals surface area contributed by atoms with Gasteiger partial charge in [0.25, 0.3) is 0 Å². The number of hydrogen-bond donors (Lipinski definition) is 2. The van der Waals surface area contributed by atoms with E-state index in [9.17, 15) is 15.2 Å². The van der Waals surface area contributed by atoms with Gasteiger partial charge in [-0.15, -0.1) is 0 Å². The summed E-state index contributed by atoms with van der Waals surface area (Å²) in [5.74, 6) is 0.284. The Balaban J connectivity index is 2.47. The van der Waals surface area contributed by atoms with E-state index in [1.54, 1.807) is 6.07 Å². The molecule has 0 aromatic carbocycles. The highest BCUT2D eigenvalue weighted by Gasteiger charge is 2.24. The summed E-state index contributed by atoms with van der Waals surface area (Å²) in [6, 6.07) is 2.93. The summed E-state index contributed by atoms with van der Waals surface area (Å²) in [5, 5.41) is 23.0. The topological polar surface area (TPSA) is 88.5 Å². The fraction of sp³-hybridized carbons (Fsp3) is 0.667. The third kappa shape index (κ3) is 3.54. The zero-order valence-corrected chi connectivity index (χ0v) is 10.8. The first-order valence-electron chi connectivity index (χ1n) is 6.11. The van der Waals surface area contributed by atoms with Crippen LogP contribution in [0.25, 0.3) is 0 Å². The molecule has 0 atom stereocenters. The molecule has 6 heteroatoms. The molecule has 0 saturated heterocycles. The maximum Gasteiger partial charge on any atom is 0.433 e. The van der Waals surface area contributed by atoms with E-state index < -0.39 is 4.92 Å². The summed E-state index contributed by atoms with van der Waals surface area (Å²) in [6.07, 6.45) is 1.76. The van der Waals surface area contributed by atoms with Crippen molar-refractivity contribution in [3.63, 3.8) is 0 Å². The summed E-state index contributed by atoms with van der Waals surface area (Å²) in [6.45, 7) is 5.30. The normalized spacial score (nSPS) is 11.7. The minimum atomic E-state index is -0.556. The van der Waals surface area contributed by atoms with Crippen LogP contribution in [-0.2, 0) is 6.54 Å². The van der Waals surface area contributed by atoms with Gasteiger partial charge in [0.15, 0.2) is 0 Å². The number of nitrogens with one attached hydrogen (secondary N) is 1. The minimum absolute atomic E-state index is 0.126. The molecule has 1 rings (SSSR count). The van der Waals surface area contributed by atoms with Crippen molar-refractivity contribution >= 4 is 5.88 Å². The third-order valence-electron chi connectivity index (χ3n) is 3.46. The van der Waals surface area contributed by atoms with E-state index in [1.807, 2.05) is 13.8 Å². The molecule has 0 aliphatic heterocycles. The Morgan fingerprint density at radius 3 is 2.56 bits per heavy atom. The van der Waals surface area contributed by atoms with E-state index >= 15 is 0 Å². The smallest absolute Gasteiger partial charge is 0.404 e. The number of nitro groups is 1. The molecule has 0 bridgehead atoms. The summed E-state index contributed by atoms with van der Waals surface area (Å²) in [7, 11) is 0. The molecule has 0 unspecified atom stereocenters. The first-order valence-corrected chi connectivity index (χ1v) is 6.11. The molecule has 0 amide bonds. The van der Waals surface area contributed by atoms with Gasteiger partial charge in [-0.2, -0.15) is 0 Å². The zero-order chi connectivity index (χ0) is 13.6. The van der Waals surface area contributed by atoms with Gasteiger partial charge in [0.05, 0.1) is 12.6 Å². The van der Waals surface area contributed by atoms with Crippen LogP contribution in [0.3, 0.4) is 0 Å². The van der Waals surface area contributed by atoms with Crippen molar-refractivity contribution in [2.24, 2.45) is 5.41 Å². The van der Waals surface area contributed by atoms with E-state index in [1.165, 1.54) is 6.07 Å². The van der Waals surface area contributed by atoms with Crippen LogP contribution in [0.15, 0.2) is 16.5 Å². The Hall–Kier alpha value is -1.40. The summed E-state index contributed by atoms with van der Waals surface area (Å²) >= 11 is 0. The lowest BCUT2D eigenvalue weighted by Crippen LogP contribution is -2.36. The average molecular weight is 256 g/mol. The van der Waals surface area contributed by atoms with Crippen LogP contribution < -0.4 is 5.32 Å². The summed E-state index contributed by atoms with van der Waals surface area (Å²) in [5.41, 5.74) is -0.126. The molecular weight excluding hydrogens is 236 g/mol. The number of aliphatic hydroxyl groups excluding tert-OH is 1. The van der Waals surface area contributed by atoms with Crippen LogP contribution in [0.1, 0.15) is 32.4 Å². The lowest BCUT2D eigenvalue weighted by molar-refractivity contribution is -0.402. The van der Waals surface area contributed by atoms with Crippen molar-refractivity contribution in [2.75, 3.05) is 13.2 Å². The monoisotopic (exact) mass is 256 g/mol. The maximum atomic E-state index is 10.4. The predicted octanol–water partition coefficient (Wildman–Crippen LogP) is 2.08. The number of aliphatic hydroxyl groups is 1. The average Bonchev–Trinajstić information content (AvgIpc) is 2.84. The van der Waals surface area contributed by atoms with E-state index in [0.29, 0.717) is 18.8 Å². The lowest BCUT2D eigenvalue weighted by atomic mass is 9.83. The van der Waals surface area contributed by atoms with Crippen LogP contribution >= 0.6 is 0 Å². The highest BCUT2D eigenvalue weighted by atomic mass is 16.6. The van der Waals surface area contributed by atoms with Gasteiger partial charge in [-0.3, -0.25) is 10.1 Å². The highest BCUT2D eigenvalue weighted by Crippen LogP contribution is 2.24. The Bertz CT molecular complexity index is 377. The Morgan fingerprint density at radius 2 is 2.11 bits per heavy atom. The van der Waals surface area contributed by atoms with E-state index in [4.69, 9.17) is 4.42 Å². The molecule has 1 aromatic rings. The number of hydrogen-bond acceptors (Lipinski definition) is 5. The minimum Gasteiger partial charge on any atom is -0.404 e. The fourth-order valence-electron chi connectivity index (χ4n) is 1.79. The fourth-order valence-corrected chi connectivity index (χ4v) is 1.79. The first-order chi connectivity index (χ1) is 8.56. The molecule has 1 aromatic heterocycles. The molecule has 6 nitrogen and oxygen atoms in total. The largest absolute Gasteiger partial charge is 0.433 e. The highest BCUT2D eigenvalue weighted by molar-refractivity contribution is 5.17.